The van der Waals surface area contributed by atoms with E-state index in [1.807, 2.05) is 24.3 Å². The Labute approximate surface area is 146 Å². The van der Waals surface area contributed by atoms with Crippen LogP contribution in [0.3, 0.4) is 0 Å². The predicted molar refractivity (Wildman–Crippen MR) is 93.2 cm³/mol. The highest BCUT2D eigenvalue weighted by molar-refractivity contribution is 5.95. The van der Waals surface area contributed by atoms with Crippen LogP contribution in [-0.2, 0) is 4.79 Å². The molecule has 0 spiro atoms. The standard InChI is InChI=1S/C17H20N4O2.ClH/c22-16(14-6-1-2-9-18-14)19-13-5-3-4-12(10-13)15-20-17(23-21-15)11-7-8-11;/h3-5,10-11,14,18H,1-2,6-9H2,(H,19,22);1H. The van der Waals surface area contributed by atoms with Crippen LogP contribution in [0.5, 0.6) is 0 Å². The van der Waals surface area contributed by atoms with Gasteiger partial charge in [0.05, 0.1) is 6.04 Å². The number of hydrogen-bond acceptors (Lipinski definition) is 5. The van der Waals surface area contributed by atoms with E-state index in [-0.39, 0.29) is 24.4 Å². The van der Waals surface area contributed by atoms with Gasteiger partial charge >= 0.3 is 0 Å². The normalized spacial score (nSPS) is 20.2. The first kappa shape index (κ1) is 16.9. The molecule has 2 N–H and O–H groups in total. The fourth-order valence-electron chi connectivity index (χ4n) is 2.89. The molecule has 6 nitrogen and oxygen atoms in total. The predicted octanol–water partition coefficient (Wildman–Crippen LogP) is 3.12. The fraction of sp³-hybridized carbons (Fsp3) is 0.471. The van der Waals surface area contributed by atoms with Crippen LogP contribution in [-0.4, -0.2) is 28.6 Å². The van der Waals surface area contributed by atoms with Gasteiger partial charge in [0.2, 0.25) is 17.6 Å². The van der Waals surface area contributed by atoms with E-state index in [0.717, 1.165) is 55.8 Å². The summed E-state index contributed by atoms with van der Waals surface area (Å²) in [6, 6.07) is 7.50. The van der Waals surface area contributed by atoms with Crippen molar-refractivity contribution in [1.29, 1.82) is 0 Å². The van der Waals surface area contributed by atoms with Gasteiger partial charge in [-0.25, -0.2) is 0 Å². The maximum absolute atomic E-state index is 12.3. The summed E-state index contributed by atoms with van der Waals surface area (Å²) in [5.74, 6) is 1.77. The molecule has 1 aliphatic heterocycles. The van der Waals surface area contributed by atoms with Crippen LogP contribution in [0, 0.1) is 0 Å². The molecule has 0 radical (unpaired) electrons. The van der Waals surface area contributed by atoms with Gasteiger partial charge in [0.1, 0.15) is 0 Å². The van der Waals surface area contributed by atoms with E-state index in [1.54, 1.807) is 0 Å². The number of aromatic nitrogens is 2. The molecule has 1 amide bonds. The van der Waals surface area contributed by atoms with Crippen LogP contribution >= 0.6 is 12.4 Å². The highest BCUT2D eigenvalue weighted by Crippen LogP contribution is 2.39. The lowest BCUT2D eigenvalue weighted by molar-refractivity contribution is -0.118. The first-order chi connectivity index (χ1) is 11.3. The zero-order chi connectivity index (χ0) is 15.6. The van der Waals surface area contributed by atoms with Crippen molar-refractivity contribution in [2.45, 2.75) is 44.1 Å². The molecule has 7 heteroatoms. The van der Waals surface area contributed by atoms with Crippen LogP contribution in [0.15, 0.2) is 28.8 Å². The molecular formula is C17H21ClN4O2. The Bertz CT molecular complexity index is 708. The molecule has 1 saturated carbocycles. The third-order valence-corrected chi connectivity index (χ3v) is 4.38. The summed E-state index contributed by atoms with van der Waals surface area (Å²) in [6.07, 6.45) is 5.39. The van der Waals surface area contributed by atoms with Gasteiger partial charge in [-0.15, -0.1) is 12.4 Å². The Hall–Kier alpha value is -1.92. The topological polar surface area (TPSA) is 80.1 Å². The highest BCUT2D eigenvalue weighted by atomic mass is 35.5. The maximum Gasteiger partial charge on any atom is 0.241 e. The molecule has 2 heterocycles. The van der Waals surface area contributed by atoms with Crippen LogP contribution in [0.4, 0.5) is 5.69 Å². The number of nitrogens with one attached hydrogen (secondary N) is 2. The van der Waals surface area contributed by atoms with Crippen molar-refractivity contribution in [1.82, 2.24) is 15.5 Å². The van der Waals surface area contributed by atoms with Gasteiger partial charge in [-0.05, 0) is 44.4 Å². The smallest absolute Gasteiger partial charge is 0.241 e. The first-order valence-electron chi connectivity index (χ1n) is 8.28. The van der Waals surface area contributed by atoms with Gasteiger partial charge < -0.3 is 15.2 Å². The number of anilines is 1. The fourth-order valence-corrected chi connectivity index (χ4v) is 2.89. The summed E-state index contributed by atoms with van der Waals surface area (Å²) < 4.78 is 5.30. The third kappa shape index (κ3) is 3.76. The molecule has 128 valence electrons. The zero-order valence-corrected chi connectivity index (χ0v) is 14.1. The van der Waals surface area contributed by atoms with Crippen LogP contribution in [0.1, 0.15) is 43.9 Å². The SMILES string of the molecule is Cl.O=C(Nc1cccc(-c2noc(C3CC3)n2)c1)C1CCCCN1. The monoisotopic (exact) mass is 348 g/mol. The number of amides is 1. The average molecular weight is 349 g/mol. The number of nitrogens with zero attached hydrogens (tertiary/aromatic N) is 2. The van der Waals surface area contributed by atoms with Gasteiger partial charge in [0.15, 0.2) is 0 Å². The molecule has 4 rings (SSSR count). The van der Waals surface area contributed by atoms with Gasteiger partial charge in [-0.3, -0.25) is 4.79 Å². The Morgan fingerprint density at radius 3 is 2.88 bits per heavy atom. The second-order valence-electron chi connectivity index (χ2n) is 6.30. The minimum absolute atomic E-state index is 0. The molecule has 1 unspecified atom stereocenters. The van der Waals surface area contributed by atoms with E-state index in [1.165, 1.54) is 0 Å². The summed E-state index contributed by atoms with van der Waals surface area (Å²) in [5, 5.41) is 10.3. The van der Waals surface area contributed by atoms with Crippen molar-refractivity contribution in [2.75, 3.05) is 11.9 Å². The van der Waals surface area contributed by atoms with E-state index in [9.17, 15) is 4.79 Å². The van der Waals surface area contributed by atoms with Gasteiger partial charge in [-0.2, -0.15) is 4.98 Å². The second-order valence-corrected chi connectivity index (χ2v) is 6.30. The molecular weight excluding hydrogens is 328 g/mol. The summed E-state index contributed by atoms with van der Waals surface area (Å²) in [5.41, 5.74) is 1.62. The van der Waals surface area contributed by atoms with E-state index in [2.05, 4.69) is 20.8 Å². The average Bonchev–Trinajstić information content (AvgIpc) is 3.33. The lowest BCUT2D eigenvalue weighted by Crippen LogP contribution is -2.43. The number of halogens is 1. The minimum atomic E-state index is -0.0981. The van der Waals surface area contributed by atoms with Crippen molar-refractivity contribution in [3.8, 4) is 11.4 Å². The first-order valence-corrected chi connectivity index (χ1v) is 8.28. The summed E-state index contributed by atoms with van der Waals surface area (Å²) in [4.78, 5) is 16.7. The van der Waals surface area contributed by atoms with E-state index >= 15 is 0 Å². The van der Waals surface area contributed by atoms with E-state index in [0.29, 0.717) is 11.7 Å². The number of carbonyl (C=O) groups is 1. The zero-order valence-electron chi connectivity index (χ0n) is 13.3. The molecule has 2 aliphatic rings. The minimum Gasteiger partial charge on any atom is -0.339 e. The molecule has 1 saturated heterocycles. The number of rotatable bonds is 4. The molecule has 24 heavy (non-hydrogen) atoms. The Morgan fingerprint density at radius 1 is 1.25 bits per heavy atom. The van der Waals surface area contributed by atoms with Crippen LogP contribution < -0.4 is 10.6 Å². The number of benzene rings is 1. The molecule has 2 fully saturated rings. The van der Waals surface area contributed by atoms with Crippen molar-refractivity contribution < 1.29 is 9.32 Å². The van der Waals surface area contributed by atoms with Gasteiger partial charge in [0.25, 0.3) is 0 Å². The summed E-state index contributed by atoms with van der Waals surface area (Å²) in [6.45, 7) is 0.908. The lowest BCUT2D eigenvalue weighted by Gasteiger charge is -2.22. The highest BCUT2D eigenvalue weighted by Gasteiger charge is 2.29. The van der Waals surface area contributed by atoms with Crippen LogP contribution in [0.2, 0.25) is 0 Å². The van der Waals surface area contributed by atoms with Crippen molar-refractivity contribution >= 4 is 24.0 Å². The molecule has 1 aliphatic carbocycles. The van der Waals surface area contributed by atoms with Gasteiger partial charge in [0, 0.05) is 17.2 Å². The number of carbonyl (C=O) groups excluding carboxylic acids is 1. The molecule has 1 atom stereocenters. The van der Waals surface area contributed by atoms with Crippen molar-refractivity contribution in [2.24, 2.45) is 0 Å². The van der Waals surface area contributed by atoms with E-state index in [4.69, 9.17) is 4.52 Å². The summed E-state index contributed by atoms with van der Waals surface area (Å²) in [7, 11) is 0. The molecule has 1 aromatic heterocycles. The molecule has 2 aromatic rings. The van der Waals surface area contributed by atoms with Gasteiger partial charge in [-0.1, -0.05) is 23.7 Å². The van der Waals surface area contributed by atoms with Crippen LogP contribution in [0.25, 0.3) is 11.4 Å². The third-order valence-electron chi connectivity index (χ3n) is 4.38. The van der Waals surface area contributed by atoms with E-state index < -0.39 is 0 Å². The number of hydrogen-bond donors (Lipinski definition) is 2. The molecule has 1 aromatic carbocycles. The van der Waals surface area contributed by atoms with Crippen molar-refractivity contribution in [3.05, 3.63) is 30.2 Å². The summed E-state index contributed by atoms with van der Waals surface area (Å²) >= 11 is 0. The second kappa shape index (κ2) is 7.32. The Morgan fingerprint density at radius 2 is 2.12 bits per heavy atom. The largest absolute Gasteiger partial charge is 0.339 e. The Balaban J connectivity index is 0.00000169. The Kier molecular flexibility index (Phi) is 5.16. The quantitative estimate of drug-likeness (QED) is 0.887. The number of piperidine rings is 1. The maximum atomic E-state index is 12.3. The lowest BCUT2D eigenvalue weighted by atomic mass is 10.0. The molecule has 0 bridgehead atoms. The van der Waals surface area contributed by atoms with Crippen molar-refractivity contribution in [3.63, 3.8) is 0 Å².